The first-order valence-corrected chi connectivity index (χ1v) is 11.1. The summed E-state index contributed by atoms with van der Waals surface area (Å²) in [7, 11) is 0. The summed E-state index contributed by atoms with van der Waals surface area (Å²) in [5, 5.41) is 3.02. The summed E-state index contributed by atoms with van der Waals surface area (Å²) in [5.41, 5.74) is 3.72. The quantitative estimate of drug-likeness (QED) is 0.604. The molecule has 1 aliphatic rings. The summed E-state index contributed by atoms with van der Waals surface area (Å²) in [6.45, 7) is 6.37. The van der Waals surface area contributed by atoms with Crippen molar-refractivity contribution in [2.75, 3.05) is 5.32 Å². The van der Waals surface area contributed by atoms with E-state index in [1.54, 1.807) is 35.5 Å². The van der Waals surface area contributed by atoms with E-state index in [0.29, 0.717) is 30.8 Å². The molecule has 7 nitrogen and oxygen atoms in total. The lowest BCUT2D eigenvalue weighted by Gasteiger charge is -2.36. The van der Waals surface area contributed by atoms with Gasteiger partial charge in [-0.3, -0.25) is 9.59 Å². The maximum Gasteiger partial charge on any atom is 0.321 e. The highest BCUT2D eigenvalue weighted by Crippen LogP contribution is 2.28. The van der Waals surface area contributed by atoms with Crippen LogP contribution >= 0.6 is 0 Å². The number of amides is 2. The molecule has 3 aromatic rings. The zero-order valence-electron chi connectivity index (χ0n) is 19.1. The lowest BCUT2D eigenvalue weighted by Crippen LogP contribution is -2.50. The number of nitrogens with zero attached hydrogens (tertiary/aromatic N) is 3. The molecule has 0 radical (unpaired) electrons. The van der Waals surface area contributed by atoms with Crippen LogP contribution in [0.5, 0.6) is 11.8 Å². The number of hydrogen-bond acceptors (Lipinski definition) is 5. The van der Waals surface area contributed by atoms with E-state index in [9.17, 15) is 9.59 Å². The minimum Gasteiger partial charge on any atom is -0.424 e. The van der Waals surface area contributed by atoms with Crippen LogP contribution in [0.4, 0.5) is 5.69 Å². The van der Waals surface area contributed by atoms with E-state index in [4.69, 9.17) is 4.74 Å². The van der Waals surface area contributed by atoms with E-state index in [1.807, 2.05) is 51.1 Å². The van der Waals surface area contributed by atoms with Crippen molar-refractivity contribution in [3.05, 3.63) is 77.6 Å². The number of aromatic nitrogens is 2. The normalized spacial score (nSPS) is 15.2. The summed E-state index contributed by atoms with van der Waals surface area (Å²) < 4.78 is 5.67. The van der Waals surface area contributed by atoms with Gasteiger partial charge in [0.25, 0.3) is 0 Å². The maximum absolute atomic E-state index is 13.3. The first-order valence-electron chi connectivity index (χ1n) is 11.1. The van der Waals surface area contributed by atoms with Crippen molar-refractivity contribution in [2.24, 2.45) is 5.92 Å². The molecule has 0 bridgehead atoms. The van der Waals surface area contributed by atoms with Crippen LogP contribution in [0.1, 0.15) is 37.0 Å². The van der Waals surface area contributed by atoms with Crippen molar-refractivity contribution in [2.45, 2.75) is 46.2 Å². The van der Waals surface area contributed by atoms with E-state index < -0.39 is 6.04 Å². The molecule has 7 heteroatoms. The van der Waals surface area contributed by atoms with Gasteiger partial charge in [-0.15, -0.1) is 0 Å². The van der Waals surface area contributed by atoms with Crippen LogP contribution in [0.2, 0.25) is 0 Å². The topological polar surface area (TPSA) is 84.4 Å². The van der Waals surface area contributed by atoms with Gasteiger partial charge in [0.1, 0.15) is 11.8 Å². The molecule has 1 atom stereocenters. The predicted octanol–water partition coefficient (Wildman–Crippen LogP) is 4.52. The van der Waals surface area contributed by atoms with Crippen molar-refractivity contribution < 1.29 is 14.3 Å². The fourth-order valence-corrected chi connectivity index (χ4v) is 3.99. The van der Waals surface area contributed by atoms with Gasteiger partial charge >= 0.3 is 6.01 Å². The molecule has 1 unspecified atom stereocenters. The Hall–Kier alpha value is -3.74. The molecule has 2 amide bonds. The molecule has 1 aliphatic heterocycles. The third kappa shape index (κ3) is 5.37. The molecule has 170 valence electrons. The number of carbonyl (C=O) groups excluding carboxylic acids is 2. The van der Waals surface area contributed by atoms with Gasteiger partial charge in [0.05, 0.1) is 0 Å². The zero-order chi connectivity index (χ0) is 23.4. The highest BCUT2D eigenvalue weighted by atomic mass is 16.5. The third-order valence-electron chi connectivity index (χ3n) is 5.66. The third-order valence-corrected chi connectivity index (χ3v) is 5.66. The fourth-order valence-electron chi connectivity index (χ4n) is 3.99. The average molecular weight is 445 g/mol. The van der Waals surface area contributed by atoms with E-state index in [1.165, 1.54) is 0 Å². The van der Waals surface area contributed by atoms with Gasteiger partial charge in [0.15, 0.2) is 0 Å². The molecule has 2 heterocycles. The summed E-state index contributed by atoms with van der Waals surface area (Å²) >= 11 is 0. The molecule has 0 saturated carbocycles. The van der Waals surface area contributed by atoms with E-state index in [-0.39, 0.29) is 23.7 Å². The Morgan fingerprint density at radius 1 is 1.09 bits per heavy atom. The summed E-state index contributed by atoms with van der Waals surface area (Å²) in [6, 6.07) is 14.8. The van der Waals surface area contributed by atoms with E-state index in [2.05, 4.69) is 15.3 Å². The van der Waals surface area contributed by atoms with Crippen molar-refractivity contribution in [3.63, 3.8) is 0 Å². The highest BCUT2D eigenvalue weighted by molar-refractivity contribution is 5.98. The predicted molar refractivity (Wildman–Crippen MR) is 126 cm³/mol. The Kier molecular flexibility index (Phi) is 6.68. The minimum atomic E-state index is -0.556. The maximum atomic E-state index is 13.3. The van der Waals surface area contributed by atoms with Gasteiger partial charge in [0.2, 0.25) is 11.8 Å². The van der Waals surface area contributed by atoms with Crippen molar-refractivity contribution in [3.8, 4) is 11.8 Å². The first kappa shape index (κ1) is 22.5. The number of nitrogens with one attached hydrogen (secondary N) is 1. The van der Waals surface area contributed by atoms with Crippen LogP contribution in [0.25, 0.3) is 0 Å². The molecule has 0 aliphatic carbocycles. The van der Waals surface area contributed by atoms with Crippen molar-refractivity contribution in [1.29, 1.82) is 0 Å². The van der Waals surface area contributed by atoms with E-state index >= 15 is 0 Å². The number of hydrogen-bond donors (Lipinski definition) is 1. The molecule has 1 aromatic heterocycles. The largest absolute Gasteiger partial charge is 0.424 e. The monoisotopic (exact) mass is 444 g/mol. The Morgan fingerprint density at radius 2 is 1.82 bits per heavy atom. The van der Waals surface area contributed by atoms with Crippen LogP contribution in [-0.2, 0) is 22.6 Å². The highest BCUT2D eigenvalue weighted by Gasteiger charge is 2.34. The summed E-state index contributed by atoms with van der Waals surface area (Å²) in [6.07, 6.45) is 4.13. The lowest BCUT2D eigenvalue weighted by atomic mass is 9.92. The van der Waals surface area contributed by atoms with Gasteiger partial charge in [-0.1, -0.05) is 38.1 Å². The summed E-state index contributed by atoms with van der Waals surface area (Å²) in [5.74, 6) is 0.617. The smallest absolute Gasteiger partial charge is 0.321 e. The van der Waals surface area contributed by atoms with Gasteiger partial charge in [-0.25, -0.2) is 9.97 Å². The molecule has 1 N–H and O–H groups in total. The second-order valence-electron chi connectivity index (χ2n) is 8.71. The number of ether oxygens (including phenoxy) is 1. The Balaban J connectivity index is 1.52. The van der Waals surface area contributed by atoms with Gasteiger partial charge in [-0.2, -0.15) is 0 Å². The minimum absolute atomic E-state index is 0.00276. The lowest BCUT2D eigenvalue weighted by molar-refractivity contribution is -0.140. The number of aryl methyl sites for hydroxylation is 1. The van der Waals surface area contributed by atoms with E-state index in [0.717, 1.165) is 16.7 Å². The number of fused-ring (bicyclic) bond motifs is 1. The Labute approximate surface area is 193 Å². The molecule has 4 rings (SSSR count). The van der Waals surface area contributed by atoms with Gasteiger partial charge in [0, 0.05) is 37.5 Å². The van der Waals surface area contributed by atoms with Gasteiger partial charge < -0.3 is 15.0 Å². The average Bonchev–Trinajstić information content (AvgIpc) is 2.80. The summed E-state index contributed by atoms with van der Waals surface area (Å²) in [4.78, 5) is 36.2. The zero-order valence-corrected chi connectivity index (χ0v) is 19.1. The molecule has 0 fully saturated rings. The molecule has 0 saturated heterocycles. The Bertz CT molecular complexity index is 1150. The second-order valence-corrected chi connectivity index (χ2v) is 8.71. The van der Waals surface area contributed by atoms with Crippen LogP contribution in [-0.4, -0.2) is 32.7 Å². The first-order chi connectivity index (χ1) is 15.9. The molecular weight excluding hydrogens is 416 g/mol. The standard InChI is InChI=1S/C26H28N4O3/c1-17(2)13-24(31)30-16-20-8-5-4-7-19(20)15-23(30)25(32)29-22-10-9-21(14-18(22)3)33-26-27-11-6-12-28-26/h4-12,14,17,23H,13,15-16H2,1-3H3,(H,29,32). The van der Waals surface area contributed by atoms with Crippen molar-refractivity contribution in [1.82, 2.24) is 14.9 Å². The number of anilines is 1. The number of benzene rings is 2. The van der Waals surface area contributed by atoms with Crippen LogP contribution < -0.4 is 10.1 Å². The fraction of sp³-hybridized carbons (Fsp3) is 0.308. The van der Waals surface area contributed by atoms with Crippen LogP contribution in [0.3, 0.4) is 0 Å². The molecule has 33 heavy (non-hydrogen) atoms. The van der Waals surface area contributed by atoms with Crippen LogP contribution in [0.15, 0.2) is 60.9 Å². The number of rotatable bonds is 6. The van der Waals surface area contributed by atoms with Crippen LogP contribution in [0, 0.1) is 12.8 Å². The Morgan fingerprint density at radius 3 is 2.52 bits per heavy atom. The van der Waals surface area contributed by atoms with Crippen molar-refractivity contribution >= 4 is 17.5 Å². The van der Waals surface area contributed by atoms with Gasteiger partial charge in [-0.05, 0) is 53.8 Å². The molecule has 0 spiro atoms. The second kappa shape index (κ2) is 9.81. The molecular formula is C26H28N4O3. The molecule has 2 aromatic carbocycles. The number of carbonyl (C=O) groups is 2. The SMILES string of the molecule is Cc1cc(Oc2ncccn2)ccc1NC(=O)C1Cc2ccccc2CN1C(=O)CC(C)C.